The van der Waals surface area contributed by atoms with Crippen molar-refractivity contribution in [3.8, 4) is 6.07 Å². The number of aryl methyl sites for hydroxylation is 2. The largest absolute Gasteiger partial charge is 0.192 e. The SMILES string of the molecule is C=CC1=C(C=C(CC)C(=C(C)C)/C(C#N)=C(/C)C(C)(C)C(C)C)C(C)(C)CC12CC(C)(C)c1cc(C)c(C)cc12. The maximum absolute atomic E-state index is 10.6. The lowest BCUT2D eigenvalue weighted by atomic mass is 9.71. The first kappa shape index (κ1) is 31.9. The molecule has 1 unspecified atom stereocenters. The molecule has 216 valence electrons. The lowest BCUT2D eigenvalue weighted by Crippen LogP contribution is -2.27. The second-order valence-corrected chi connectivity index (χ2v) is 15.1. The molecule has 0 aliphatic heterocycles. The summed E-state index contributed by atoms with van der Waals surface area (Å²) < 4.78 is 0. The standard InChI is InChI=1S/C39H55N/c1-16-29(35(24(3)4)30(21-40)28(9)38(14,15)25(5)6)20-33-31(17-2)39(23-37(33,12)13)22-36(10,11)32-18-26(7)27(8)19-34(32)39/h17-20,25H,2,16,22-23H2,1,3-15H3/b29-20?,30-28-. The molecule has 0 amide bonds. The topological polar surface area (TPSA) is 23.8 Å². The minimum Gasteiger partial charge on any atom is -0.192 e. The highest BCUT2D eigenvalue weighted by atomic mass is 14.6. The summed E-state index contributed by atoms with van der Waals surface area (Å²) in [7, 11) is 0. The predicted octanol–water partition coefficient (Wildman–Crippen LogP) is 11.3. The third kappa shape index (κ3) is 5.02. The van der Waals surface area contributed by atoms with Gasteiger partial charge in [0.25, 0.3) is 0 Å². The number of rotatable bonds is 7. The number of nitrogens with zero attached hydrogens (tertiary/aromatic N) is 1. The highest BCUT2D eigenvalue weighted by molar-refractivity contribution is 5.65. The van der Waals surface area contributed by atoms with E-state index in [1.165, 1.54) is 50.1 Å². The zero-order valence-corrected chi connectivity index (χ0v) is 28.2. The van der Waals surface area contributed by atoms with Crippen LogP contribution >= 0.6 is 0 Å². The van der Waals surface area contributed by atoms with Crippen LogP contribution in [0.1, 0.15) is 125 Å². The summed E-state index contributed by atoms with van der Waals surface area (Å²) in [6, 6.07) is 7.58. The summed E-state index contributed by atoms with van der Waals surface area (Å²) in [6.07, 6.45) is 7.66. The lowest BCUT2D eigenvalue weighted by Gasteiger charge is -2.32. The first-order chi connectivity index (χ1) is 18.3. The number of allylic oxidation sites excluding steroid dienone is 9. The van der Waals surface area contributed by atoms with Crippen LogP contribution in [0.15, 0.2) is 69.9 Å². The summed E-state index contributed by atoms with van der Waals surface area (Å²) in [6.45, 7) is 36.3. The summed E-state index contributed by atoms with van der Waals surface area (Å²) in [4.78, 5) is 0. The number of hydrogen-bond donors (Lipinski definition) is 0. The Morgan fingerprint density at radius 3 is 1.95 bits per heavy atom. The highest BCUT2D eigenvalue weighted by Gasteiger charge is 2.56. The van der Waals surface area contributed by atoms with Crippen molar-refractivity contribution in [1.29, 1.82) is 5.26 Å². The zero-order valence-electron chi connectivity index (χ0n) is 28.2. The Bertz CT molecular complexity index is 1380. The van der Waals surface area contributed by atoms with E-state index in [1.54, 1.807) is 0 Å². The van der Waals surface area contributed by atoms with Crippen LogP contribution in [0.2, 0.25) is 0 Å². The molecular weight excluding hydrogens is 482 g/mol. The van der Waals surface area contributed by atoms with Crippen molar-refractivity contribution in [1.82, 2.24) is 0 Å². The van der Waals surface area contributed by atoms with Gasteiger partial charge in [-0.2, -0.15) is 5.26 Å². The van der Waals surface area contributed by atoms with Crippen molar-refractivity contribution in [3.63, 3.8) is 0 Å². The Labute approximate surface area is 246 Å². The Balaban J connectivity index is 2.37. The molecule has 0 bridgehead atoms. The third-order valence-electron chi connectivity index (χ3n) is 10.8. The molecule has 0 aromatic heterocycles. The van der Waals surface area contributed by atoms with Gasteiger partial charge >= 0.3 is 0 Å². The van der Waals surface area contributed by atoms with Gasteiger partial charge in [-0.15, -0.1) is 0 Å². The maximum Gasteiger partial charge on any atom is 0.0997 e. The van der Waals surface area contributed by atoms with Crippen LogP contribution < -0.4 is 0 Å². The first-order valence-electron chi connectivity index (χ1n) is 15.3. The number of nitriles is 1. The lowest BCUT2D eigenvalue weighted by molar-refractivity contribution is 0.308. The molecule has 1 aromatic carbocycles. The van der Waals surface area contributed by atoms with E-state index in [4.69, 9.17) is 0 Å². The highest BCUT2D eigenvalue weighted by Crippen LogP contribution is 2.64. The van der Waals surface area contributed by atoms with Crippen LogP contribution in [-0.4, -0.2) is 0 Å². The molecule has 0 N–H and O–H groups in total. The zero-order chi connectivity index (χ0) is 30.6. The maximum atomic E-state index is 10.6. The smallest absolute Gasteiger partial charge is 0.0997 e. The summed E-state index contributed by atoms with van der Waals surface area (Å²) in [5.41, 5.74) is 14.1. The van der Waals surface area contributed by atoms with Gasteiger partial charge < -0.3 is 0 Å². The van der Waals surface area contributed by atoms with Gasteiger partial charge in [-0.3, -0.25) is 0 Å². The van der Waals surface area contributed by atoms with Crippen molar-refractivity contribution in [2.45, 2.75) is 127 Å². The van der Waals surface area contributed by atoms with E-state index in [1.807, 2.05) is 0 Å². The number of hydrogen-bond acceptors (Lipinski definition) is 1. The molecule has 1 aromatic rings. The molecule has 0 fully saturated rings. The van der Waals surface area contributed by atoms with Gasteiger partial charge in [-0.25, -0.2) is 0 Å². The second-order valence-electron chi connectivity index (χ2n) is 15.1. The number of benzene rings is 1. The monoisotopic (exact) mass is 537 g/mol. The van der Waals surface area contributed by atoms with E-state index in [2.05, 4.69) is 134 Å². The van der Waals surface area contributed by atoms with Crippen molar-refractivity contribution in [2.24, 2.45) is 16.7 Å². The van der Waals surface area contributed by atoms with Gasteiger partial charge in [0, 0.05) is 5.41 Å². The van der Waals surface area contributed by atoms with E-state index < -0.39 is 0 Å². The van der Waals surface area contributed by atoms with Gasteiger partial charge in [-0.05, 0) is 126 Å². The van der Waals surface area contributed by atoms with E-state index in [9.17, 15) is 5.26 Å². The molecule has 2 aliphatic carbocycles. The van der Waals surface area contributed by atoms with Gasteiger partial charge in [-0.1, -0.05) is 98.8 Å². The van der Waals surface area contributed by atoms with Crippen LogP contribution in [-0.2, 0) is 10.8 Å². The Hall–Kier alpha value is -2.59. The molecule has 3 rings (SSSR count). The van der Waals surface area contributed by atoms with Gasteiger partial charge in [0.05, 0.1) is 11.6 Å². The molecule has 1 heteroatoms. The Morgan fingerprint density at radius 2 is 1.50 bits per heavy atom. The fourth-order valence-corrected chi connectivity index (χ4v) is 7.60. The molecule has 0 saturated heterocycles. The molecule has 2 aliphatic rings. The normalized spacial score (nSPS) is 22.4. The fourth-order valence-electron chi connectivity index (χ4n) is 7.60. The third-order valence-corrected chi connectivity index (χ3v) is 10.8. The van der Waals surface area contributed by atoms with Crippen LogP contribution in [0.3, 0.4) is 0 Å². The summed E-state index contributed by atoms with van der Waals surface area (Å²) >= 11 is 0. The molecule has 0 heterocycles. The molecule has 1 nitrogen and oxygen atoms in total. The average Bonchev–Trinajstić information content (AvgIpc) is 3.18. The fraction of sp³-hybridized carbons (Fsp3) is 0.564. The second kappa shape index (κ2) is 10.7. The molecule has 0 radical (unpaired) electrons. The van der Waals surface area contributed by atoms with Crippen molar-refractivity contribution in [2.75, 3.05) is 0 Å². The minimum absolute atomic E-state index is 0.0179. The molecule has 1 atom stereocenters. The van der Waals surface area contributed by atoms with Crippen LogP contribution in [0, 0.1) is 41.9 Å². The first-order valence-corrected chi connectivity index (χ1v) is 15.3. The Morgan fingerprint density at radius 1 is 0.975 bits per heavy atom. The van der Waals surface area contributed by atoms with Crippen LogP contribution in [0.4, 0.5) is 0 Å². The molecule has 1 spiro atoms. The summed E-state index contributed by atoms with van der Waals surface area (Å²) in [5, 5.41) is 10.6. The molecular formula is C39H55N. The van der Waals surface area contributed by atoms with Gasteiger partial charge in [0.2, 0.25) is 0 Å². The van der Waals surface area contributed by atoms with E-state index >= 15 is 0 Å². The van der Waals surface area contributed by atoms with Crippen molar-refractivity contribution < 1.29 is 0 Å². The molecule has 0 saturated carbocycles. The van der Waals surface area contributed by atoms with Gasteiger partial charge in [0.1, 0.15) is 0 Å². The van der Waals surface area contributed by atoms with Crippen LogP contribution in [0.25, 0.3) is 0 Å². The van der Waals surface area contributed by atoms with E-state index in [0.717, 1.165) is 30.4 Å². The predicted molar refractivity (Wildman–Crippen MR) is 175 cm³/mol. The van der Waals surface area contributed by atoms with Crippen molar-refractivity contribution in [3.05, 3.63) is 92.1 Å². The summed E-state index contributed by atoms with van der Waals surface area (Å²) in [5.74, 6) is 0.435. The van der Waals surface area contributed by atoms with Gasteiger partial charge in [0.15, 0.2) is 0 Å². The quantitative estimate of drug-likeness (QED) is 0.251. The Kier molecular flexibility index (Phi) is 8.52. The molecule has 40 heavy (non-hydrogen) atoms. The van der Waals surface area contributed by atoms with Crippen LogP contribution in [0.5, 0.6) is 0 Å². The average molecular weight is 538 g/mol. The van der Waals surface area contributed by atoms with E-state index in [0.29, 0.717) is 5.92 Å². The number of fused-ring (bicyclic) bond motifs is 2. The van der Waals surface area contributed by atoms with Crippen molar-refractivity contribution >= 4 is 0 Å². The minimum atomic E-state index is -0.0675. The van der Waals surface area contributed by atoms with E-state index in [-0.39, 0.29) is 21.7 Å².